The van der Waals surface area contributed by atoms with Crippen molar-refractivity contribution < 1.29 is 0 Å². The number of hydrogen-bond donors (Lipinski definition) is 1. The fourth-order valence-electron chi connectivity index (χ4n) is 3.25. The zero-order valence-electron chi connectivity index (χ0n) is 11.6. The molecule has 0 aromatic carbocycles. The Bertz CT molecular complexity index is 328. The molecule has 1 fully saturated rings. The number of hydrogen-bond acceptors (Lipinski definition) is 3. The van der Waals surface area contributed by atoms with Crippen molar-refractivity contribution >= 4 is 11.3 Å². The number of thiophene rings is 1. The molecule has 18 heavy (non-hydrogen) atoms. The molecule has 0 aliphatic heterocycles. The third-order valence-electron chi connectivity index (χ3n) is 4.23. The van der Waals surface area contributed by atoms with Gasteiger partial charge in [-0.1, -0.05) is 19.9 Å². The summed E-state index contributed by atoms with van der Waals surface area (Å²) in [5.74, 6) is 0. The molecule has 1 atom stereocenters. The largest absolute Gasteiger partial charge is 0.328 e. The molecule has 2 rings (SSSR count). The molecule has 1 aromatic heterocycles. The van der Waals surface area contributed by atoms with Crippen molar-refractivity contribution in [2.45, 2.75) is 64.1 Å². The quantitative estimate of drug-likeness (QED) is 0.878. The fourth-order valence-corrected chi connectivity index (χ4v) is 4.18. The van der Waals surface area contributed by atoms with Crippen molar-refractivity contribution in [1.29, 1.82) is 0 Å². The van der Waals surface area contributed by atoms with Crippen molar-refractivity contribution in [3.05, 3.63) is 22.4 Å². The molecule has 1 unspecified atom stereocenters. The minimum absolute atomic E-state index is 0.446. The normalized spacial score (nSPS) is 26.4. The van der Waals surface area contributed by atoms with E-state index < -0.39 is 0 Å². The Balaban J connectivity index is 2.06. The van der Waals surface area contributed by atoms with Crippen LogP contribution in [0.15, 0.2) is 17.5 Å². The van der Waals surface area contributed by atoms with Crippen LogP contribution in [0.3, 0.4) is 0 Å². The van der Waals surface area contributed by atoms with E-state index in [0.717, 1.165) is 12.6 Å². The molecule has 1 aliphatic rings. The topological polar surface area (TPSA) is 29.3 Å². The van der Waals surface area contributed by atoms with E-state index in [9.17, 15) is 0 Å². The lowest BCUT2D eigenvalue weighted by Crippen LogP contribution is -2.42. The number of nitrogens with zero attached hydrogens (tertiary/aromatic N) is 1. The van der Waals surface area contributed by atoms with Crippen LogP contribution in [0, 0.1) is 0 Å². The summed E-state index contributed by atoms with van der Waals surface area (Å²) >= 11 is 1.90. The minimum atomic E-state index is 0.446. The van der Waals surface area contributed by atoms with E-state index in [1.165, 1.54) is 37.0 Å². The first kappa shape index (κ1) is 14.0. The van der Waals surface area contributed by atoms with E-state index in [-0.39, 0.29) is 0 Å². The Morgan fingerprint density at radius 2 is 2.06 bits per heavy atom. The van der Waals surface area contributed by atoms with Gasteiger partial charge in [-0.2, -0.15) is 0 Å². The summed E-state index contributed by atoms with van der Waals surface area (Å²) in [5, 5.41) is 2.20. The maximum Gasteiger partial charge on any atom is 0.0441 e. The molecule has 1 heterocycles. The third kappa shape index (κ3) is 3.14. The highest BCUT2D eigenvalue weighted by Gasteiger charge is 2.28. The van der Waals surface area contributed by atoms with Gasteiger partial charge in [0.15, 0.2) is 0 Å². The van der Waals surface area contributed by atoms with Crippen molar-refractivity contribution in [2.75, 3.05) is 6.54 Å². The summed E-state index contributed by atoms with van der Waals surface area (Å²) in [7, 11) is 0. The lowest BCUT2D eigenvalue weighted by Gasteiger charge is -2.40. The first-order valence-electron chi connectivity index (χ1n) is 7.31. The van der Waals surface area contributed by atoms with Crippen molar-refractivity contribution in [3.63, 3.8) is 0 Å². The van der Waals surface area contributed by atoms with Crippen LogP contribution in [0.25, 0.3) is 0 Å². The molecule has 1 aliphatic carbocycles. The van der Waals surface area contributed by atoms with Crippen LogP contribution in [-0.2, 0) is 0 Å². The van der Waals surface area contributed by atoms with Gasteiger partial charge in [0.2, 0.25) is 0 Å². The van der Waals surface area contributed by atoms with Crippen LogP contribution in [0.5, 0.6) is 0 Å². The second-order valence-corrected chi connectivity index (χ2v) is 6.32. The summed E-state index contributed by atoms with van der Waals surface area (Å²) in [6.45, 7) is 5.75. The molecule has 0 amide bonds. The monoisotopic (exact) mass is 266 g/mol. The van der Waals surface area contributed by atoms with Gasteiger partial charge in [0.05, 0.1) is 0 Å². The van der Waals surface area contributed by atoms with E-state index in [0.29, 0.717) is 12.1 Å². The van der Waals surface area contributed by atoms with Gasteiger partial charge >= 0.3 is 0 Å². The summed E-state index contributed by atoms with van der Waals surface area (Å²) in [6, 6.07) is 6.25. The second-order valence-electron chi connectivity index (χ2n) is 5.34. The molecule has 0 saturated heterocycles. The average molecular weight is 266 g/mol. The zero-order valence-corrected chi connectivity index (χ0v) is 12.5. The highest BCUT2D eigenvalue weighted by molar-refractivity contribution is 7.10. The molecule has 3 heteroatoms. The third-order valence-corrected chi connectivity index (χ3v) is 5.21. The average Bonchev–Trinajstić information content (AvgIpc) is 2.91. The van der Waals surface area contributed by atoms with Crippen LogP contribution >= 0.6 is 11.3 Å². The van der Waals surface area contributed by atoms with E-state index in [4.69, 9.17) is 5.73 Å². The molecule has 2 nitrogen and oxygen atoms in total. The summed E-state index contributed by atoms with van der Waals surface area (Å²) < 4.78 is 0. The second kappa shape index (κ2) is 6.69. The molecular weight excluding hydrogens is 240 g/mol. The summed E-state index contributed by atoms with van der Waals surface area (Å²) in [5.41, 5.74) is 6.03. The Hall–Kier alpha value is -0.380. The van der Waals surface area contributed by atoms with E-state index in [1.807, 2.05) is 11.3 Å². The molecule has 2 N–H and O–H groups in total. The predicted molar refractivity (Wildman–Crippen MR) is 80.0 cm³/mol. The smallest absolute Gasteiger partial charge is 0.0441 e. The lowest BCUT2D eigenvalue weighted by molar-refractivity contribution is 0.105. The van der Waals surface area contributed by atoms with Gasteiger partial charge < -0.3 is 5.73 Å². The van der Waals surface area contributed by atoms with Crippen molar-refractivity contribution in [1.82, 2.24) is 4.90 Å². The van der Waals surface area contributed by atoms with Crippen LogP contribution in [0.4, 0.5) is 0 Å². The Morgan fingerprint density at radius 3 is 2.56 bits per heavy atom. The molecule has 0 spiro atoms. The maximum atomic E-state index is 6.03. The SMILES string of the molecule is CCC(c1cccs1)N(CC)C1CCC(N)CC1. The fraction of sp³-hybridized carbons (Fsp3) is 0.733. The van der Waals surface area contributed by atoms with Gasteiger partial charge in [0.1, 0.15) is 0 Å². The highest BCUT2D eigenvalue weighted by atomic mass is 32.1. The summed E-state index contributed by atoms with van der Waals surface area (Å²) in [4.78, 5) is 4.23. The lowest BCUT2D eigenvalue weighted by atomic mass is 9.89. The van der Waals surface area contributed by atoms with Gasteiger partial charge in [0, 0.05) is 23.0 Å². The molecule has 1 saturated carbocycles. The molecule has 1 aromatic rings. The predicted octanol–water partition coefficient (Wildman–Crippen LogP) is 3.79. The van der Waals surface area contributed by atoms with Crippen LogP contribution in [0.1, 0.15) is 56.9 Å². The van der Waals surface area contributed by atoms with Crippen LogP contribution in [0.2, 0.25) is 0 Å². The number of rotatable bonds is 5. The van der Waals surface area contributed by atoms with Crippen molar-refractivity contribution in [3.8, 4) is 0 Å². The Kier molecular flexibility index (Phi) is 5.22. The number of nitrogens with two attached hydrogens (primary N) is 1. The summed E-state index contributed by atoms with van der Waals surface area (Å²) in [6.07, 6.45) is 6.15. The van der Waals surface area contributed by atoms with Gasteiger partial charge in [-0.05, 0) is 50.1 Å². The zero-order chi connectivity index (χ0) is 13.0. The van der Waals surface area contributed by atoms with E-state index in [2.05, 4.69) is 36.3 Å². The van der Waals surface area contributed by atoms with Crippen LogP contribution < -0.4 is 5.73 Å². The van der Waals surface area contributed by atoms with Gasteiger partial charge in [-0.3, -0.25) is 4.90 Å². The van der Waals surface area contributed by atoms with Crippen LogP contribution in [-0.4, -0.2) is 23.5 Å². The maximum absolute atomic E-state index is 6.03. The first-order chi connectivity index (χ1) is 8.76. The van der Waals surface area contributed by atoms with Gasteiger partial charge in [-0.15, -0.1) is 11.3 Å². The van der Waals surface area contributed by atoms with E-state index >= 15 is 0 Å². The Labute approximate surface area is 115 Å². The van der Waals surface area contributed by atoms with Gasteiger partial charge in [-0.25, -0.2) is 0 Å². The molecule has 0 bridgehead atoms. The van der Waals surface area contributed by atoms with Gasteiger partial charge in [0.25, 0.3) is 0 Å². The molecule has 102 valence electrons. The first-order valence-corrected chi connectivity index (χ1v) is 8.18. The highest BCUT2D eigenvalue weighted by Crippen LogP contribution is 2.33. The molecule has 0 radical (unpaired) electrons. The Morgan fingerprint density at radius 1 is 1.33 bits per heavy atom. The minimum Gasteiger partial charge on any atom is -0.328 e. The van der Waals surface area contributed by atoms with E-state index in [1.54, 1.807) is 0 Å². The molecular formula is C15H26N2S. The van der Waals surface area contributed by atoms with Crippen molar-refractivity contribution in [2.24, 2.45) is 5.73 Å². The standard InChI is InChI=1S/C15H26N2S/c1-3-14(15-6-5-11-18-15)17(4-2)13-9-7-12(16)8-10-13/h5-6,11-14H,3-4,7-10,16H2,1-2H3.